The summed E-state index contributed by atoms with van der Waals surface area (Å²) in [4.78, 5) is 24.4. The van der Waals surface area contributed by atoms with Gasteiger partial charge in [-0.05, 0) is 29.7 Å². The number of hydrogen-bond acceptors (Lipinski definition) is 5. The average Bonchev–Trinajstić information content (AvgIpc) is 3.24. The monoisotopic (exact) mass is 434 g/mol. The van der Waals surface area contributed by atoms with Crippen LogP contribution in [0.2, 0.25) is 0 Å². The van der Waals surface area contributed by atoms with Crippen LogP contribution < -0.4 is 15.4 Å². The molecule has 0 saturated heterocycles. The van der Waals surface area contributed by atoms with E-state index in [-0.39, 0.29) is 37.5 Å². The van der Waals surface area contributed by atoms with Gasteiger partial charge in [0.2, 0.25) is 11.8 Å². The van der Waals surface area contributed by atoms with E-state index < -0.39 is 0 Å². The maximum atomic E-state index is 12.3. The van der Waals surface area contributed by atoms with Crippen molar-refractivity contribution in [2.75, 3.05) is 25.1 Å². The molecule has 2 aromatic carbocycles. The van der Waals surface area contributed by atoms with Gasteiger partial charge in [-0.1, -0.05) is 42.5 Å². The molecular weight excluding hydrogens is 408 g/mol. The highest BCUT2D eigenvalue weighted by atomic mass is 16.5. The zero-order valence-electron chi connectivity index (χ0n) is 17.7. The number of fused-ring (bicyclic) bond motifs is 1. The molecule has 8 nitrogen and oxygen atoms in total. The third kappa shape index (κ3) is 5.95. The highest BCUT2D eigenvalue weighted by Gasteiger charge is 2.21. The molecule has 0 radical (unpaired) electrons. The van der Waals surface area contributed by atoms with Crippen LogP contribution in [0.25, 0.3) is 0 Å². The zero-order chi connectivity index (χ0) is 22.2. The zero-order valence-corrected chi connectivity index (χ0v) is 17.7. The Morgan fingerprint density at radius 1 is 1.09 bits per heavy atom. The van der Waals surface area contributed by atoms with Crippen LogP contribution in [0.5, 0.6) is 5.75 Å². The summed E-state index contributed by atoms with van der Waals surface area (Å²) in [5.74, 6) is 0.369. The quantitative estimate of drug-likeness (QED) is 0.540. The largest absolute Gasteiger partial charge is 0.493 e. The SMILES string of the molecule is O=C(Cn1cc(NC(=O)CCOc2ccccc2)cn1)NC[C@H]1OCCc2ccccc21. The van der Waals surface area contributed by atoms with Gasteiger partial charge in [-0.25, -0.2) is 0 Å². The maximum absolute atomic E-state index is 12.3. The second kappa shape index (κ2) is 10.6. The number of ether oxygens (including phenoxy) is 2. The Hall–Kier alpha value is -3.65. The predicted molar refractivity (Wildman–Crippen MR) is 119 cm³/mol. The van der Waals surface area contributed by atoms with Crippen LogP contribution in [0.1, 0.15) is 23.7 Å². The Balaban J connectivity index is 1.19. The van der Waals surface area contributed by atoms with Gasteiger partial charge in [-0.2, -0.15) is 5.10 Å². The molecule has 32 heavy (non-hydrogen) atoms. The molecular formula is C24H26N4O4. The van der Waals surface area contributed by atoms with E-state index in [1.54, 1.807) is 6.20 Å². The first-order chi connectivity index (χ1) is 15.7. The van der Waals surface area contributed by atoms with Crippen molar-refractivity contribution in [1.29, 1.82) is 0 Å². The van der Waals surface area contributed by atoms with Gasteiger partial charge in [0.1, 0.15) is 18.4 Å². The number of nitrogens with zero attached hydrogens (tertiary/aromatic N) is 2. The molecule has 0 aliphatic carbocycles. The van der Waals surface area contributed by atoms with Crippen LogP contribution in [0.15, 0.2) is 67.0 Å². The number of rotatable bonds is 9. The molecule has 1 aliphatic heterocycles. The van der Waals surface area contributed by atoms with Crippen molar-refractivity contribution in [2.24, 2.45) is 0 Å². The average molecular weight is 434 g/mol. The Morgan fingerprint density at radius 3 is 2.78 bits per heavy atom. The van der Waals surface area contributed by atoms with Crippen LogP contribution >= 0.6 is 0 Å². The van der Waals surface area contributed by atoms with Crippen molar-refractivity contribution >= 4 is 17.5 Å². The molecule has 2 amide bonds. The number of carbonyl (C=O) groups is 2. The van der Waals surface area contributed by atoms with Crippen LogP contribution in [-0.2, 0) is 27.3 Å². The van der Waals surface area contributed by atoms with Crippen LogP contribution in [0.4, 0.5) is 5.69 Å². The first kappa shape index (κ1) is 21.6. The number of amides is 2. The third-order valence-electron chi connectivity index (χ3n) is 5.14. The maximum Gasteiger partial charge on any atom is 0.241 e. The Bertz CT molecular complexity index is 1050. The van der Waals surface area contributed by atoms with Crippen molar-refractivity contribution in [2.45, 2.75) is 25.5 Å². The molecule has 0 fully saturated rings. The molecule has 1 atom stereocenters. The lowest BCUT2D eigenvalue weighted by Gasteiger charge is -2.26. The van der Waals surface area contributed by atoms with E-state index >= 15 is 0 Å². The molecule has 3 aromatic rings. The molecule has 0 bridgehead atoms. The van der Waals surface area contributed by atoms with Crippen molar-refractivity contribution in [1.82, 2.24) is 15.1 Å². The second-order valence-corrected chi connectivity index (χ2v) is 7.50. The third-order valence-corrected chi connectivity index (χ3v) is 5.14. The number of benzene rings is 2. The fourth-order valence-electron chi connectivity index (χ4n) is 3.57. The van der Waals surface area contributed by atoms with Crippen LogP contribution in [-0.4, -0.2) is 41.4 Å². The smallest absolute Gasteiger partial charge is 0.241 e. The number of nitrogens with one attached hydrogen (secondary N) is 2. The lowest BCUT2D eigenvalue weighted by Crippen LogP contribution is -2.34. The standard InChI is InChI=1S/C24H26N4O4/c29-23(11-13-31-20-7-2-1-3-8-20)27-19-14-26-28(16-19)17-24(30)25-15-22-21-9-5-4-6-18(21)10-12-32-22/h1-9,14,16,22H,10-13,15,17H2,(H,25,30)(H,27,29)/t22-/m1/s1. The molecule has 1 aliphatic rings. The topological polar surface area (TPSA) is 94.5 Å². The molecule has 4 rings (SSSR count). The minimum Gasteiger partial charge on any atom is -0.493 e. The van der Waals surface area contributed by atoms with Gasteiger partial charge < -0.3 is 20.1 Å². The van der Waals surface area contributed by atoms with Gasteiger partial charge in [0, 0.05) is 12.7 Å². The van der Waals surface area contributed by atoms with E-state index in [1.807, 2.05) is 48.5 Å². The van der Waals surface area contributed by atoms with Gasteiger partial charge in [0.05, 0.1) is 31.5 Å². The molecule has 8 heteroatoms. The number of para-hydroxylation sites is 1. The minimum absolute atomic E-state index is 0.0569. The second-order valence-electron chi connectivity index (χ2n) is 7.50. The van der Waals surface area contributed by atoms with E-state index in [9.17, 15) is 9.59 Å². The normalized spacial score (nSPS) is 14.9. The number of anilines is 1. The first-order valence-electron chi connectivity index (χ1n) is 10.6. The number of aromatic nitrogens is 2. The summed E-state index contributed by atoms with van der Waals surface area (Å²) >= 11 is 0. The molecule has 1 aromatic heterocycles. The summed E-state index contributed by atoms with van der Waals surface area (Å²) in [6.07, 6.45) is 4.10. The van der Waals surface area contributed by atoms with E-state index in [0.717, 1.165) is 17.7 Å². The minimum atomic E-state index is -0.182. The Kier molecular flexibility index (Phi) is 7.14. The Labute approximate surface area is 186 Å². The molecule has 0 spiro atoms. The summed E-state index contributed by atoms with van der Waals surface area (Å²) in [7, 11) is 0. The summed E-state index contributed by atoms with van der Waals surface area (Å²) in [6.45, 7) is 1.39. The van der Waals surface area contributed by atoms with E-state index in [1.165, 1.54) is 16.4 Å². The number of carbonyl (C=O) groups excluding carboxylic acids is 2. The summed E-state index contributed by atoms with van der Waals surface area (Å²) in [5.41, 5.74) is 2.92. The summed E-state index contributed by atoms with van der Waals surface area (Å²) in [5, 5.41) is 9.82. The fraction of sp³-hybridized carbons (Fsp3) is 0.292. The fourth-order valence-corrected chi connectivity index (χ4v) is 3.57. The van der Waals surface area contributed by atoms with Gasteiger partial charge in [0.15, 0.2) is 0 Å². The lowest BCUT2D eigenvalue weighted by atomic mass is 9.97. The molecule has 166 valence electrons. The molecule has 2 heterocycles. The van der Waals surface area contributed by atoms with Gasteiger partial charge in [0.25, 0.3) is 0 Å². The highest BCUT2D eigenvalue weighted by molar-refractivity contribution is 5.90. The first-order valence-corrected chi connectivity index (χ1v) is 10.6. The van der Waals surface area contributed by atoms with Gasteiger partial charge in [-0.15, -0.1) is 0 Å². The molecule has 0 unspecified atom stereocenters. The Morgan fingerprint density at radius 2 is 1.91 bits per heavy atom. The van der Waals surface area contributed by atoms with E-state index in [0.29, 0.717) is 18.8 Å². The van der Waals surface area contributed by atoms with Gasteiger partial charge >= 0.3 is 0 Å². The van der Waals surface area contributed by atoms with Crippen molar-refractivity contribution in [3.8, 4) is 5.75 Å². The predicted octanol–water partition coefficient (Wildman–Crippen LogP) is 2.72. The van der Waals surface area contributed by atoms with Crippen LogP contribution in [0.3, 0.4) is 0 Å². The van der Waals surface area contributed by atoms with Crippen molar-refractivity contribution in [3.05, 3.63) is 78.1 Å². The molecule has 2 N–H and O–H groups in total. The lowest BCUT2D eigenvalue weighted by molar-refractivity contribution is -0.122. The highest BCUT2D eigenvalue weighted by Crippen LogP contribution is 2.26. The molecule has 0 saturated carbocycles. The summed E-state index contributed by atoms with van der Waals surface area (Å²) in [6, 6.07) is 17.5. The van der Waals surface area contributed by atoms with Gasteiger partial charge in [-0.3, -0.25) is 14.3 Å². The van der Waals surface area contributed by atoms with E-state index in [2.05, 4.69) is 21.8 Å². The van der Waals surface area contributed by atoms with E-state index in [4.69, 9.17) is 9.47 Å². The number of hydrogen-bond donors (Lipinski definition) is 2. The van der Waals surface area contributed by atoms with Crippen molar-refractivity contribution < 1.29 is 19.1 Å². The van der Waals surface area contributed by atoms with Crippen LogP contribution in [0, 0.1) is 0 Å². The summed E-state index contributed by atoms with van der Waals surface area (Å²) < 4.78 is 12.8. The van der Waals surface area contributed by atoms with Crippen molar-refractivity contribution in [3.63, 3.8) is 0 Å².